The average Bonchev–Trinajstić information content (AvgIpc) is 0.751. The minimum Gasteiger partial charge on any atom is -0.493 e. The number of nitrogens with zero attached hydrogens (tertiary/aromatic N) is 3. The number of fused-ring (bicyclic) bond motifs is 4. The first-order valence-corrected chi connectivity index (χ1v) is 43.2. The van der Waals surface area contributed by atoms with Crippen molar-refractivity contribution < 1.29 is 18.9 Å². The van der Waals surface area contributed by atoms with Gasteiger partial charge in [-0.3, -0.25) is 0 Å². The molecule has 0 radical (unpaired) electrons. The summed E-state index contributed by atoms with van der Waals surface area (Å²) in [6.45, 7) is 30.9. The quantitative estimate of drug-likeness (QED) is 0.0508. The first kappa shape index (κ1) is 80.8. The zero-order valence-electron chi connectivity index (χ0n) is 72.4. The van der Waals surface area contributed by atoms with Crippen molar-refractivity contribution in [3.8, 4) is 89.8 Å². The van der Waals surface area contributed by atoms with Crippen molar-refractivity contribution in [1.29, 1.82) is 0 Å². The van der Waals surface area contributed by atoms with Gasteiger partial charge in [-0.25, -0.2) is 0 Å². The van der Waals surface area contributed by atoms with Crippen molar-refractivity contribution in [3.05, 3.63) is 368 Å². The zero-order chi connectivity index (χ0) is 84.2. The molecule has 0 aromatic heterocycles. The Bertz CT molecular complexity index is 6190. The largest absolute Gasteiger partial charge is 0.493 e. The van der Waals surface area contributed by atoms with Gasteiger partial charge in [-0.05, 0) is 252 Å². The Balaban J connectivity index is 0.654. The lowest BCUT2D eigenvalue weighted by atomic mass is 9.91. The monoisotopic (exact) mass is 1590 g/mol. The molecule has 0 fully saturated rings. The summed E-state index contributed by atoms with van der Waals surface area (Å²) in [6.07, 6.45) is 0. The first-order valence-electron chi connectivity index (χ1n) is 43.2. The summed E-state index contributed by atoms with van der Waals surface area (Å²) in [5, 5.41) is 9.52. The maximum absolute atomic E-state index is 6.55. The van der Waals surface area contributed by atoms with Crippen LogP contribution in [0.4, 0.5) is 51.2 Å². The van der Waals surface area contributed by atoms with Crippen LogP contribution in [0.3, 0.4) is 0 Å². The van der Waals surface area contributed by atoms with E-state index in [4.69, 9.17) is 18.9 Å². The second-order valence-corrected chi connectivity index (χ2v) is 34.5. The van der Waals surface area contributed by atoms with E-state index < -0.39 is 0 Å². The second-order valence-electron chi connectivity index (χ2n) is 34.5. The molecule has 7 heteroatoms. The van der Waals surface area contributed by atoms with Gasteiger partial charge in [0.15, 0.2) is 0 Å². The van der Waals surface area contributed by atoms with E-state index in [-0.39, 0.29) is 0 Å². The molecular formula is C115H107N3O4. The fourth-order valence-electron chi connectivity index (χ4n) is 17.1. The molecule has 0 aliphatic heterocycles. The Kier molecular flexibility index (Phi) is 23.4. The molecule has 0 atom stereocenters. The van der Waals surface area contributed by atoms with Crippen molar-refractivity contribution in [1.82, 2.24) is 0 Å². The molecule has 606 valence electrons. The van der Waals surface area contributed by atoms with Crippen LogP contribution in [0.2, 0.25) is 0 Å². The van der Waals surface area contributed by atoms with Crippen LogP contribution in [0.25, 0.3) is 110 Å². The van der Waals surface area contributed by atoms with Crippen molar-refractivity contribution in [2.45, 2.75) is 90.0 Å². The van der Waals surface area contributed by atoms with Gasteiger partial charge in [-0.2, -0.15) is 0 Å². The van der Waals surface area contributed by atoms with Gasteiger partial charge in [0, 0.05) is 75.6 Å². The highest BCUT2D eigenvalue weighted by molar-refractivity contribution is 6.12. The van der Waals surface area contributed by atoms with Crippen molar-refractivity contribution in [3.63, 3.8) is 0 Å². The predicted molar refractivity (Wildman–Crippen MR) is 518 cm³/mol. The number of hydrogen-bond acceptors (Lipinski definition) is 7. The molecular weight excluding hydrogens is 1490 g/mol. The number of hydrogen-bond donors (Lipinski definition) is 0. The van der Waals surface area contributed by atoms with E-state index in [1.54, 1.807) is 0 Å². The molecule has 0 aliphatic carbocycles. The smallest absolute Gasteiger partial charge is 0.125 e. The SMILES string of the molecule is Cc1ccc(N(c2ccc(-c3cc(C)c(-c4ccc(N(c5cc(OCC(C)C)cc(OCC(C)C)c5)c5ccc(-c6cccc7ccccc67)c6ccccc56)cc4)cc3C)cc2)c2ccc(-c3cc(C)c(-c4ccc(N(c5cc(OCC(C)C)cc(OCC(C)C)c5)c5ccc(-c6cccc7ccccc67)c6ccccc56)cc4)cc3C)cc2)cc1. The fourth-order valence-corrected chi connectivity index (χ4v) is 17.1. The summed E-state index contributed by atoms with van der Waals surface area (Å²) >= 11 is 0. The molecule has 0 saturated carbocycles. The van der Waals surface area contributed by atoms with E-state index in [1.165, 1.54) is 105 Å². The summed E-state index contributed by atoms with van der Waals surface area (Å²) in [7, 11) is 0. The van der Waals surface area contributed by atoms with Gasteiger partial charge in [-0.15, -0.1) is 0 Å². The molecule has 17 aromatic carbocycles. The van der Waals surface area contributed by atoms with Crippen LogP contribution in [0.5, 0.6) is 23.0 Å². The molecule has 7 nitrogen and oxygen atoms in total. The summed E-state index contributed by atoms with van der Waals surface area (Å²) in [6, 6.07) is 125. The minimum atomic E-state index is 0.346. The predicted octanol–water partition coefficient (Wildman–Crippen LogP) is 32.4. The number of rotatable bonds is 27. The number of aryl methyl sites for hydroxylation is 5. The van der Waals surface area contributed by atoms with E-state index in [1.807, 2.05) is 12.1 Å². The molecule has 0 bridgehead atoms. The minimum absolute atomic E-state index is 0.346. The first-order chi connectivity index (χ1) is 59.3. The highest BCUT2D eigenvalue weighted by Gasteiger charge is 2.26. The van der Waals surface area contributed by atoms with Crippen LogP contribution in [-0.4, -0.2) is 26.4 Å². The maximum Gasteiger partial charge on any atom is 0.125 e. The normalized spacial score (nSPS) is 11.6. The van der Waals surface area contributed by atoms with Crippen molar-refractivity contribution in [2.75, 3.05) is 41.1 Å². The summed E-state index contributed by atoms with van der Waals surface area (Å²) in [5.41, 5.74) is 29.6. The van der Waals surface area contributed by atoms with E-state index in [0.29, 0.717) is 50.1 Å². The van der Waals surface area contributed by atoms with Gasteiger partial charge in [-0.1, -0.05) is 291 Å². The van der Waals surface area contributed by atoms with Gasteiger partial charge in [0.25, 0.3) is 0 Å². The number of benzene rings is 17. The lowest BCUT2D eigenvalue weighted by Crippen LogP contribution is -2.12. The summed E-state index contributed by atoms with van der Waals surface area (Å²) in [5.74, 6) is 4.48. The van der Waals surface area contributed by atoms with E-state index in [2.05, 4.69) is 432 Å². The lowest BCUT2D eigenvalue weighted by Gasteiger charge is -2.29. The standard InChI is InChI=1S/C115H107N3O4/c1-74(2)70-119-96-64-94(65-97(68-96)120-71-75(3)4)117(114-58-56-106(104-30-18-20-32-108(104)114)102-34-22-26-83-24-14-16-28-100(83)102)92-52-42-87(43-53-92)112-62-79(10)110(60-81(112)12)85-38-48-90(49-39-85)116(89-46-36-78(9)37-47-89)91-50-40-86(41-51-91)111-61-82(13)113(63-80(111)11)88-44-54-93(55-45-88)118(95-66-98(121-72-76(5)6)69-99(67-95)122-73-77(7)8)115-59-57-107(105-31-19-21-33-109(105)115)103-35-23-27-84-25-15-17-29-101(84)103/h14-69,74-77H,70-73H2,1-13H3. The van der Waals surface area contributed by atoms with Gasteiger partial charge < -0.3 is 33.6 Å². The van der Waals surface area contributed by atoms with Crippen LogP contribution < -0.4 is 33.6 Å². The lowest BCUT2D eigenvalue weighted by molar-refractivity contribution is 0.258. The summed E-state index contributed by atoms with van der Waals surface area (Å²) in [4.78, 5) is 7.12. The van der Waals surface area contributed by atoms with Gasteiger partial charge in [0.1, 0.15) is 23.0 Å². The second kappa shape index (κ2) is 35.4. The van der Waals surface area contributed by atoms with E-state index >= 15 is 0 Å². The van der Waals surface area contributed by atoms with Crippen molar-refractivity contribution >= 4 is 94.3 Å². The molecule has 0 unspecified atom stereocenters. The van der Waals surface area contributed by atoms with Crippen LogP contribution in [0.1, 0.15) is 83.2 Å². The molecule has 0 spiro atoms. The molecule has 0 aliphatic rings. The molecule has 0 heterocycles. The maximum atomic E-state index is 6.55. The number of anilines is 9. The van der Waals surface area contributed by atoms with Crippen LogP contribution >= 0.6 is 0 Å². The average molecular weight is 1600 g/mol. The van der Waals surface area contributed by atoms with Gasteiger partial charge >= 0.3 is 0 Å². The Labute approximate surface area is 720 Å². The highest BCUT2D eigenvalue weighted by Crippen LogP contribution is 2.50. The van der Waals surface area contributed by atoms with Crippen LogP contribution in [-0.2, 0) is 0 Å². The Morgan fingerprint density at radius 3 is 0.762 bits per heavy atom. The van der Waals surface area contributed by atoms with Crippen molar-refractivity contribution in [2.24, 2.45) is 23.7 Å². The summed E-state index contributed by atoms with van der Waals surface area (Å²) < 4.78 is 26.2. The molecule has 122 heavy (non-hydrogen) atoms. The van der Waals surface area contributed by atoms with Crippen LogP contribution in [0, 0.1) is 58.3 Å². The Morgan fingerprint density at radius 2 is 0.459 bits per heavy atom. The third-order valence-corrected chi connectivity index (χ3v) is 23.2. The Morgan fingerprint density at radius 1 is 0.205 bits per heavy atom. The van der Waals surface area contributed by atoms with E-state index in [0.717, 1.165) is 107 Å². The molecule has 0 N–H and O–H groups in total. The third kappa shape index (κ3) is 17.2. The van der Waals surface area contributed by atoms with Crippen LogP contribution in [0.15, 0.2) is 340 Å². The molecule has 0 saturated heterocycles. The fraction of sp³-hybridized carbons (Fsp3) is 0.183. The molecule has 0 amide bonds. The van der Waals surface area contributed by atoms with E-state index in [9.17, 15) is 0 Å². The highest BCUT2D eigenvalue weighted by atomic mass is 16.5. The number of ether oxygens (including phenoxy) is 4. The Hall–Kier alpha value is -13.6. The molecule has 17 aromatic rings. The van der Waals surface area contributed by atoms with Gasteiger partial charge in [0.05, 0.1) is 49.2 Å². The molecule has 17 rings (SSSR count). The zero-order valence-corrected chi connectivity index (χ0v) is 72.4. The third-order valence-electron chi connectivity index (χ3n) is 23.2. The topological polar surface area (TPSA) is 46.6 Å². The van der Waals surface area contributed by atoms with Gasteiger partial charge in [0.2, 0.25) is 0 Å².